The van der Waals surface area contributed by atoms with Gasteiger partial charge in [0.1, 0.15) is 5.56 Å². The van der Waals surface area contributed by atoms with E-state index in [9.17, 15) is 9.59 Å². The molecule has 9 heteroatoms. The van der Waals surface area contributed by atoms with E-state index in [0.29, 0.717) is 17.3 Å². The molecule has 2 amide bonds. The van der Waals surface area contributed by atoms with Gasteiger partial charge in [0.15, 0.2) is 5.13 Å². The predicted octanol–water partition coefficient (Wildman–Crippen LogP) is 2.07. The molecule has 0 aliphatic heterocycles. The number of anilines is 1. The van der Waals surface area contributed by atoms with Crippen LogP contribution in [0.5, 0.6) is 5.88 Å². The lowest BCUT2D eigenvalue weighted by Gasteiger charge is -2.07. The largest absolute Gasteiger partial charge is 0.477 e. The number of amides is 2. The highest BCUT2D eigenvalue weighted by molar-refractivity contribution is 8.01. The summed E-state index contributed by atoms with van der Waals surface area (Å²) in [7, 11) is 0. The zero-order valence-corrected chi connectivity index (χ0v) is 14.3. The highest BCUT2D eigenvalue weighted by Crippen LogP contribution is 2.32. The fourth-order valence-electron chi connectivity index (χ4n) is 1.69. The van der Waals surface area contributed by atoms with Crippen LogP contribution >= 0.6 is 23.1 Å². The molecule has 2 heterocycles. The maximum atomic E-state index is 12.4. The van der Waals surface area contributed by atoms with Gasteiger partial charge in [0.05, 0.1) is 22.3 Å². The number of nitrogens with zero attached hydrogens (tertiary/aromatic N) is 2. The van der Waals surface area contributed by atoms with Crippen LogP contribution in [0.3, 0.4) is 0 Å². The highest BCUT2D eigenvalue weighted by atomic mass is 32.2. The molecular formula is C14H16N4O3S2. The molecule has 0 aliphatic rings. The van der Waals surface area contributed by atoms with Gasteiger partial charge in [-0.05, 0) is 26.0 Å². The molecule has 2 aromatic rings. The van der Waals surface area contributed by atoms with Gasteiger partial charge in [-0.15, -0.1) is 11.8 Å². The first-order valence-electron chi connectivity index (χ1n) is 6.79. The van der Waals surface area contributed by atoms with Gasteiger partial charge in [0.25, 0.3) is 5.91 Å². The number of primary amides is 1. The molecule has 0 radical (unpaired) electrons. The molecule has 122 valence electrons. The number of ether oxygens (including phenoxy) is 1. The quantitative estimate of drug-likeness (QED) is 0.739. The second-order valence-electron chi connectivity index (χ2n) is 4.39. The fraction of sp³-hybridized carbons (Fsp3) is 0.286. The third-order valence-electron chi connectivity index (χ3n) is 2.62. The highest BCUT2D eigenvalue weighted by Gasteiger charge is 2.16. The Bertz CT molecular complexity index is 718. The molecule has 3 N–H and O–H groups in total. The number of aryl methyl sites for hydroxylation is 1. The van der Waals surface area contributed by atoms with Gasteiger partial charge in [-0.2, -0.15) is 0 Å². The smallest absolute Gasteiger partial charge is 0.262 e. The van der Waals surface area contributed by atoms with Crippen LogP contribution in [-0.4, -0.2) is 34.1 Å². The van der Waals surface area contributed by atoms with Crippen LogP contribution in [0.15, 0.2) is 22.5 Å². The van der Waals surface area contributed by atoms with Crippen LogP contribution in [0, 0.1) is 6.92 Å². The zero-order chi connectivity index (χ0) is 16.8. The summed E-state index contributed by atoms with van der Waals surface area (Å²) in [5.41, 5.74) is 6.22. The van der Waals surface area contributed by atoms with E-state index >= 15 is 0 Å². The number of nitrogens with one attached hydrogen (secondary N) is 1. The molecule has 23 heavy (non-hydrogen) atoms. The third kappa shape index (κ3) is 4.67. The Morgan fingerprint density at radius 3 is 2.96 bits per heavy atom. The monoisotopic (exact) mass is 352 g/mol. The number of hydrogen-bond acceptors (Lipinski definition) is 7. The molecule has 0 fully saturated rings. The van der Waals surface area contributed by atoms with Crippen LogP contribution < -0.4 is 15.8 Å². The summed E-state index contributed by atoms with van der Waals surface area (Å²) in [4.78, 5) is 31.5. The maximum Gasteiger partial charge on any atom is 0.262 e. The van der Waals surface area contributed by atoms with Gasteiger partial charge in [0, 0.05) is 6.20 Å². The van der Waals surface area contributed by atoms with Crippen LogP contribution in [0.4, 0.5) is 5.13 Å². The predicted molar refractivity (Wildman–Crippen MR) is 90.1 cm³/mol. The SMILES string of the molecule is CCOc1ncccc1C(=O)Nc1nc(C)c(SCC(N)=O)s1. The van der Waals surface area contributed by atoms with Crippen molar-refractivity contribution in [2.24, 2.45) is 5.73 Å². The van der Waals surface area contributed by atoms with Crippen molar-refractivity contribution in [3.8, 4) is 5.88 Å². The van der Waals surface area contributed by atoms with E-state index in [1.807, 2.05) is 13.8 Å². The van der Waals surface area contributed by atoms with E-state index in [4.69, 9.17) is 10.5 Å². The van der Waals surface area contributed by atoms with Crippen molar-refractivity contribution in [2.75, 3.05) is 17.7 Å². The van der Waals surface area contributed by atoms with E-state index < -0.39 is 5.91 Å². The molecular weight excluding hydrogens is 336 g/mol. The molecule has 2 aromatic heterocycles. The summed E-state index contributed by atoms with van der Waals surface area (Å²) < 4.78 is 6.19. The Labute approximate surface area is 141 Å². The summed E-state index contributed by atoms with van der Waals surface area (Å²) in [6.07, 6.45) is 1.56. The van der Waals surface area contributed by atoms with Crippen LogP contribution in [0.25, 0.3) is 0 Å². The first-order chi connectivity index (χ1) is 11.0. The van der Waals surface area contributed by atoms with Gasteiger partial charge in [-0.3, -0.25) is 14.9 Å². The molecule has 2 rings (SSSR count). The second-order valence-corrected chi connectivity index (χ2v) is 6.63. The number of thioether (sulfide) groups is 1. The van der Waals surface area contributed by atoms with Crippen molar-refractivity contribution in [1.29, 1.82) is 0 Å². The average Bonchev–Trinajstić information content (AvgIpc) is 2.85. The third-order valence-corrected chi connectivity index (χ3v) is 5.07. The molecule has 7 nitrogen and oxygen atoms in total. The number of nitrogens with two attached hydrogens (primary N) is 1. The zero-order valence-electron chi connectivity index (χ0n) is 12.7. The number of pyridine rings is 1. The minimum atomic E-state index is -0.398. The summed E-state index contributed by atoms with van der Waals surface area (Å²) in [6.45, 7) is 4.05. The number of rotatable bonds is 7. The number of carbonyl (C=O) groups excluding carboxylic acids is 2. The molecule has 0 atom stereocenters. The van der Waals surface area contributed by atoms with E-state index in [-0.39, 0.29) is 17.5 Å². The van der Waals surface area contributed by atoms with Gasteiger partial charge < -0.3 is 10.5 Å². The average molecular weight is 352 g/mol. The first kappa shape index (κ1) is 17.2. The van der Waals surface area contributed by atoms with Gasteiger partial charge >= 0.3 is 0 Å². The Morgan fingerprint density at radius 2 is 2.26 bits per heavy atom. The van der Waals surface area contributed by atoms with Gasteiger partial charge in [-0.25, -0.2) is 9.97 Å². The van der Waals surface area contributed by atoms with E-state index in [2.05, 4.69) is 15.3 Å². The van der Waals surface area contributed by atoms with Crippen LogP contribution in [0.2, 0.25) is 0 Å². The lowest BCUT2D eigenvalue weighted by molar-refractivity contribution is -0.115. The number of aromatic nitrogens is 2. The van der Waals surface area contributed by atoms with Crippen LogP contribution in [0.1, 0.15) is 23.0 Å². The minimum absolute atomic E-state index is 0.174. The van der Waals surface area contributed by atoms with Crippen molar-refractivity contribution >= 4 is 40.0 Å². The lowest BCUT2D eigenvalue weighted by atomic mass is 10.2. The Kier molecular flexibility index (Phi) is 5.94. The summed E-state index contributed by atoms with van der Waals surface area (Å²) in [6, 6.07) is 3.30. The normalized spacial score (nSPS) is 10.3. The second kappa shape index (κ2) is 7.93. The molecule has 0 bridgehead atoms. The van der Waals surface area contributed by atoms with Crippen molar-refractivity contribution in [3.63, 3.8) is 0 Å². The molecule has 0 aliphatic carbocycles. The van der Waals surface area contributed by atoms with Crippen LogP contribution in [-0.2, 0) is 4.79 Å². The fourth-order valence-corrected chi connectivity index (χ4v) is 3.56. The number of thiazole rings is 1. The van der Waals surface area contributed by atoms with E-state index in [1.165, 1.54) is 23.1 Å². The van der Waals surface area contributed by atoms with Crippen molar-refractivity contribution in [2.45, 2.75) is 18.1 Å². The minimum Gasteiger partial charge on any atom is -0.477 e. The summed E-state index contributed by atoms with van der Waals surface area (Å²) in [5, 5.41) is 3.17. The number of carbonyl (C=O) groups is 2. The summed E-state index contributed by atoms with van der Waals surface area (Å²) >= 11 is 2.60. The number of hydrogen-bond donors (Lipinski definition) is 2. The summed E-state index contributed by atoms with van der Waals surface area (Å²) in [5.74, 6) is -0.288. The first-order valence-corrected chi connectivity index (χ1v) is 8.59. The van der Waals surface area contributed by atoms with E-state index in [0.717, 1.165) is 9.90 Å². The lowest BCUT2D eigenvalue weighted by Crippen LogP contribution is -2.14. The Morgan fingerprint density at radius 1 is 1.48 bits per heavy atom. The molecule has 0 unspecified atom stereocenters. The molecule has 0 aromatic carbocycles. The molecule has 0 saturated carbocycles. The van der Waals surface area contributed by atoms with E-state index in [1.54, 1.807) is 18.3 Å². The molecule has 0 saturated heterocycles. The van der Waals surface area contributed by atoms with Crippen molar-refractivity contribution < 1.29 is 14.3 Å². The Balaban J connectivity index is 2.12. The van der Waals surface area contributed by atoms with Gasteiger partial charge in [-0.1, -0.05) is 11.3 Å². The topological polar surface area (TPSA) is 107 Å². The molecule has 0 spiro atoms. The Hall–Kier alpha value is -2.13. The standard InChI is InChI=1S/C14H16N4O3S2/c1-3-21-12-9(5-4-6-16-12)11(20)18-14-17-8(2)13(23-14)22-7-10(15)19/h4-6H,3,7H2,1-2H3,(H2,15,19)(H,17,18,20). The van der Waals surface area contributed by atoms with Gasteiger partial charge in [0.2, 0.25) is 11.8 Å². The van der Waals surface area contributed by atoms with Crippen molar-refractivity contribution in [3.05, 3.63) is 29.6 Å². The van der Waals surface area contributed by atoms with Crippen molar-refractivity contribution in [1.82, 2.24) is 9.97 Å². The maximum absolute atomic E-state index is 12.4.